The van der Waals surface area contributed by atoms with Crippen molar-refractivity contribution in [1.82, 2.24) is 20.4 Å². The monoisotopic (exact) mass is 314 g/mol. The van der Waals surface area contributed by atoms with Gasteiger partial charge in [-0.3, -0.25) is 4.79 Å². The molecule has 1 aliphatic heterocycles. The molecule has 6 heteroatoms. The molecule has 1 aliphatic rings. The highest BCUT2D eigenvalue weighted by Gasteiger charge is 2.20. The van der Waals surface area contributed by atoms with Gasteiger partial charge in [-0.1, -0.05) is 0 Å². The molecule has 0 saturated carbocycles. The predicted octanol–water partition coefficient (Wildman–Crippen LogP) is 1.50. The van der Waals surface area contributed by atoms with Crippen LogP contribution in [0.1, 0.15) is 18.5 Å². The largest absolute Gasteiger partial charge is 0.497 e. The van der Waals surface area contributed by atoms with E-state index in [1.165, 1.54) is 0 Å². The van der Waals surface area contributed by atoms with E-state index in [4.69, 9.17) is 4.74 Å². The van der Waals surface area contributed by atoms with E-state index < -0.39 is 0 Å². The Morgan fingerprint density at radius 3 is 2.91 bits per heavy atom. The summed E-state index contributed by atoms with van der Waals surface area (Å²) in [5.74, 6) is 0.998. The number of nitrogens with one attached hydrogen (secondary N) is 2. The standard InChI is InChI=1S/C17H22N4O2/c1-23-16-6-4-15(5-7-16)21-10-8-14(20-21)12-19-17(22)13-3-2-9-18-11-13/h4-8,10,13,18H,2-3,9,11-12H2,1H3,(H,19,22). The van der Waals surface area contributed by atoms with Crippen LogP contribution in [0.5, 0.6) is 5.75 Å². The van der Waals surface area contributed by atoms with Crippen LogP contribution in [0.2, 0.25) is 0 Å². The molecular weight excluding hydrogens is 292 g/mol. The van der Waals surface area contributed by atoms with Crippen molar-refractivity contribution in [2.24, 2.45) is 5.92 Å². The Hall–Kier alpha value is -2.34. The summed E-state index contributed by atoms with van der Waals surface area (Å²) in [6, 6.07) is 9.61. The number of carbonyl (C=O) groups excluding carboxylic acids is 1. The Kier molecular flexibility index (Phi) is 4.92. The minimum absolute atomic E-state index is 0.0763. The van der Waals surface area contributed by atoms with E-state index in [2.05, 4.69) is 15.7 Å². The third-order valence-corrected chi connectivity index (χ3v) is 4.09. The number of aromatic nitrogens is 2. The van der Waals surface area contributed by atoms with Gasteiger partial charge in [0.2, 0.25) is 5.91 Å². The van der Waals surface area contributed by atoms with Crippen LogP contribution in [0.15, 0.2) is 36.5 Å². The lowest BCUT2D eigenvalue weighted by atomic mass is 9.99. The lowest BCUT2D eigenvalue weighted by molar-refractivity contribution is -0.125. The van der Waals surface area contributed by atoms with Crippen LogP contribution in [0.25, 0.3) is 5.69 Å². The first-order valence-electron chi connectivity index (χ1n) is 7.93. The van der Waals surface area contributed by atoms with Crippen LogP contribution in [-0.2, 0) is 11.3 Å². The third-order valence-electron chi connectivity index (χ3n) is 4.09. The Bertz CT molecular complexity index is 645. The maximum absolute atomic E-state index is 12.1. The van der Waals surface area contributed by atoms with E-state index in [0.717, 1.165) is 43.1 Å². The number of nitrogens with zero attached hydrogens (tertiary/aromatic N) is 2. The molecule has 2 N–H and O–H groups in total. The third kappa shape index (κ3) is 3.90. The van der Waals surface area contributed by atoms with Crippen molar-refractivity contribution in [2.75, 3.05) is 20.2 Å². The molecule has 0 radical (unpaired) electrons. The minimum atomic E-state index is 0.0763. The summed E-state index contributed by atoms with van der Waals surface area (Å²) in [6.45, 7) is 2.24. The molecular formula is C17H22N4O2. The first-order chi connectivity index (χ1) is 11.3. The van der Waals surface area contributed by atoms with E-state index in [1.807, 2.05) is 36.5 Å². The normalized spacial score (nSPS) is 17.7. The maximum atomic E-state index is 12.1. The fraction of sp³-hybridized carbons (Fsp3) is 0.412. The van der Waals surface area contributed by atoms with Gasteiger partial charge in [0.1, 0.15) is 5.75 Å². The van der Waals surface area contributed by atoms with Crippen molar-refractivity contribution in [3.05, 3.63) is 42.2 Å². The Labute approximate surface area is 135 Å². The maximum Gasteiger partial charge on any atom is 0.224 e. The molecule has 0 aliphatic carbocycles. The zero-order valence-electron chi connectivity index (χ0n) is 13.3. The molecule has 1 saturated heterocycles. The summed E-state index contributed by atoms with van der Waals surface area (Å²) in [7, 11) is 1.64. The van der Waals surface area contributed by atoms with Crippen LogP contribution < -0.4 is 15.4 Å². The van der Waals surface area contributed by atoms with Gasteiger partial charge in [0.25, 0.3) is 0 Å². The molecule has 2 heterocycles. The number of carbonyl (C=O) groups is 1. The van der Waals surface area contributed by atoms with Crippen LogP contribution >= 0.6 is 0 Å². The molecule has 1 aromatic carbocycles. The van der Waals surface area contributed by atoms with Crippen LogP contribution in [0.4, 0.5) is 0 Å². The van der Waals surface area contributed by atoms with Gasteiger partial charge in [-0.25, -0.2) is 4.68 Å². The number of piperidine rings is 1. The minimum Gasteiger partial charge on any atom is -0.497 e. The van der Waals surface area contributed by atoms with Crippen molar-refractivity contribution in [1.29, 1.82) is 0 Å². The average molecular weight is 314 g/mol. The summed E-state index contributed by atoms with van der Waals surface area (Å²) < 4.78 is 6.95. The Morgan fingerprint density at radius 2 is 2.22 bits per heavy atom. The Balaban J connectivity index is 1.57. The Morgan fingerprint density at radius 1 is 1.39 bits per heavy atom. The molecule has 6 nitrogen and oxygen atoms in total. The quantitative estimate of drug-likeness (QED) is 0.877. The van der Waals surface area contributed by atoms with Gasteiger partial charge in [-0.05, 0) is 49.7 Å². The highest BCUT2D eigenvalue weighted by Crippen LogP contribution is 2.15. The zero-order valence-corrected chi connectivity index (χ0v) is 13.3. The van der Waals surface area contributed by atoms with Gasteiger partial charge in [0.15, 0.2) is 0 Å². The van der Waals surface area contributed by atoms with Crippen molar-refractivity contribution in [2.45, 2.75) is 19.4 Å². The van der Waals surface area contributed by atoms with Gasteiger partial charge in [-0.15, -0.1) is 0 Å². The van der Waals surface area contributed by atoms with Gasteiger partial charge < -0.3 is 15.4 Å². The number of ether oxygens (including phenoxy) is 1. The number of amides is 1. The van der Waals surface area contributed by atoms with Crippen molar-refractivity contribution in [3.63, 3.8) is 0 Å². The smallest absolute Gasteiger partial charge is 0.224 e. The van der Waals surface area contributed by atoms with E-state index in [0.29, 0.717) is 6.54 Å². The zero-order chi connectivity index (χ0) is 16.1. The molecule has 1 atom stereocenters. The molecule has 3 rings (SSSR count). The topological polar surface area (TPSA) is 68.2 Å². The van der Waals surface area contributed by atoms with Crippen LogP contribution in [0, 0.1) is 5.92 Å². The molecule has 0 bridgehead atoms. The highest BCUT2D eigenvalue weighted by molar-refractivity contribution is 5.78. The molecule has 23 heavy (non-hydrogen) atoms. The highest BCUT2D eigenvalue weighted by atomic mass is 16.5. The molecule has 2 aromatic rings. The van der Waals surface area contributed by atoms with Gasteiger partial charge in [0, 0.05) is 12.7 Å². The SMILES string of the molecule is COc1ccc(-n2ccc(CNC(=O)C3CCCNC3)n2)cc1. The first-order valence-corrected chi connectivity index (χ1v) is 7.93. The average Bonchev–Trinajstić information content (AvgIpc) is 3.09. The number of benzene rings is 1. The summed E-state index contributed by atoms with van der Waals surface area (Å²) >= 11 is 0. The summed E-state index contributed by atoms with van der Waals surface area (Å²) in [4.78, 5) is 12.1. The van der Waals surface area contributed by atoms with Gasteiger partial charge >= 0.3 is 0 Å². The molecule has 0 spiro atoms. The summed E-state index contributed by atoms with van der Waals surface area (Å²) in [6.07, 6.45) is 3.91. The molecule has 1 aromatic heterocycles. The first kappa shape index (κ1) is 15.6. The van der Waals surface area contributed by atoms with E-state index >= 15 is 0 Å². The van der Waals surface area contributed by atoms with Crippen LogP contribution in [-0.4, -0.2) is 35.9 Å². The fourth-order valence-corrected chi connectivity index (χ4v) is 2.73. The number of hydrogen-bond donors (Lipinski definition) is 2. The predicted molar refractivity (Wildman–Crippen MR) is 87.6 cm³/mol. The second-order valence-corrected chi connectivity index (χ2v) is 5.71. The molecule has 1 amide bonds. The van der Waals surface area contributed by atoms with Crippen molar-refractivity contribution in [3.8, 4) is 11.4 Å². The molecule has 1 unspecified atom stereocenters. The number of methoxy groups -OCH3 is 1. The van der Waals surface area contributed by atoms with Crippen molar-refractivity contribution >= 4 is 5.91 Å². The van der Waals surface area contributed by atoms with E-state index in [9.17, 15) is 4.79 Å². The molecule has 122 valence electrons. The second kappa shape index (κ2) is 7.28. The second-order valence-electron chi connectivity index (χ2n) is 5.71. The number of hydrogen-bond acceptors (Lipinski definition) is 4. The lowest BCUT2D eigenvalue weighted by Crippen LogP contribution is -2.40. The summed E-state index contributed by atoms with van der Waals surface area (Å²) in [5, 5.41) is 10.7. The number of rotatable bonds is 5. The van der Waals surface area contributed by atoms with Gasteiger partial charge in [-0.2, -0.15) is 5.10 Å². The van der Waals surface area contributed by atoms with Crippen LogP contribution in [0.3, 0.4) is 0 Å². The van der Waals surface area contributed by atoms with Gasteiger partial charge in [0.05, 0.1) is 31.0 Å². The molecule has 1 fully saturated rings. The van der Waals surface area contributed by atoms with E-state index in [1.54, 1.807) is 11.8 Å². The van der Waals surface area contributed by atoms with E-state index in [-0.39, 0.29) is 11.8 Å². The summed E-state index contributed by atoms with van der Waals surface area (Å²) in [5.41, 5.74) is 1.80. The lowest BCUT2D eigenvalue weighted by Gasteiger charge is -2.21. The fourth-order valence-electron chi connectivity index (χ4n) is 2.73. The van der Waals surface area contributed by atoms with Crippen molar-refractivity contribution < 1.29 is 9.53 Å².